The molecule has 0 radical (unpaired) electrons. The third-order valence-corrected chi connectivity index (χ3v) is 8.77. The Balaban J connectivity index is 2.08. The van der Waals surface area contributed by atoms with Gasteiger partial charge in [0.2, 0.25) is 11.8 Å². The minimum atomic E-state index is -4.28. The molecule has 1 N–H and O–H groups in total. The Kier molecular flexibility index (Phi) is 11.0. The van der Waals surface area contributed by atoms with Gasteiger partial charge in [-0.3, -0.25) is 13.9 Å². The molecule has 0 aliphatic carbocycles. The van der Waals surface area contributed by atoms with Gasteiger partial charge in [0.05, 0.1) is 15.6 Å². The molecule has 0 unspecified atom stereocenters. The van der Waals surface area contributed by atoms with Crippen molar-refractivity contribution in [3.8, 4) is 0 Å². The highest BCUT2D eigenvalue weighted by Crippen LogP contribution is 2.33. The standard InChI is InChI=1S/C29H32Cl2FN3O4S/c1-4-20(3)33-29(37)26(5-2)34(18-21-11-14-23(32)15-12-21)28(36)19-35(27-17-22(30)13-16-25(27)31)40(38,39)24-9-7-6-8-10-24/h6-17,20,26H,4-5,18-19H2,1-3H3,(H,33,37)/t20-,26-/m0/s1. The molecule has 3 aromatic rings. The van der Waals surface area contributed by atoms with Gasteiger partial charge in [0.25, 0.3) is 10.0 Å². The molecule has 7 nitrogen and oxygen atoms in total. The summed E-state index contributed by atoms with van der Waals surface area (Å²) in [5, 5.41) is 3.20. The van der Waals surface area contributed by atoms with Gasteiger partial charge < -0.3 is 10.2 Å². The number of carbonyl (C=O) groups excluding carboxylic acids is 2. The van der Waals surface area contributed by atoms with Crippen LogP contribution in [0.2, 0.25) is 10.0 Å². The van der Waals surface area contributed by atoms with Crippen LogP contribution >= 0.6 is 23.2 Å². The van der Waals surface area contributed by atoms with Crippen LogP contribution in [-0.2, 0) is 26.2 Å². The second-order valence-electron chi connectivity index (χ2n) is 9.31. The maximum atomic E-state index is 14.0. The highest BCUT2D eigenvalue weighted by Gasteiger charge is 2.34. The molecule has 0 aromatic heterocycles. The van der Waals surface area contributed by atoms with Crippen LogP contribution in [0, 0.1) is 5.82 Å². The minimum Gasteiger partial charge on any atom is -0.352 e. The number of halogens is 3. The van der Waals surface area contributed by atoms with E-state index in [0.29, 0.717) is 12.0 Å². The van der Waals surface area contributed by atoms with Crippen LogP contribution in [-0.4, -0.2) is 43.8 Å². The summed E-state index contributed by atoms with van der Waals surface area (Å²) < 4.78 is 42.2. The average molecular weight is 609 g/mol. The predicted molar refractivity (Wildman–Crippen MR) is 156 cm³/mol. The van der Waals surface area contributed by atoms with Crippen LogP contribution in [0.3, 0.4) is 0 Å². The Morgan fingerprint density at radius 1 is 0.950 bits per heavy atom. The molecule has 0 saturated heterocycles. The Morgan fingerprint density at radius 3 is 2.20 bits per heavy atom. The fourth-order valence-electron chi connectivity index (χ4n) is 4.06. The van der Waals surface area contributed by atoms with Crippen molar-refractivity contribution in [1.29, 1.82) is 0 Å². The molecule has 0 bridgehead atoms. The van der Waals surface area contributed by atoms with Crippen molar-refractivity contribution in [2.45, 2.75) is 57.1 Å². The summed E-state index contributed by atoms with van der Waals surface area (Å²) in [6.45, 7) is 4.83. The quantitative estimate of drug-likeness (QED) is 0.271. The normalized spacial score (nSPS) is 12.8. The van der Waals surface area contributed by atoms with E-state index < -0.39 is 34.3 Å². The van der Waals surface area contributed by atoms with Crippen molar-refractivity contribution in [2.75, 3.05) is 10.8 Å². The minimum absolute atomic E-state index is 0.0187. The van der Waals surface area contributed by atoms with E-state index in [4.69, 9.17) is 23.2 Å². The van der Waals surface area contributed by atoms with Crippen molar-refractivity contribution < 1.29 is 22.4 Å². The maximum Gasteiger partial charge on any atom is 0.264 e. The third kappa shape index (κ3) is 7.74. The zero-order valence-electron chi connectivity index (χ0n) is 22.5. The predicted octanol–water partition coefficient (Wildman–Crippen LogP) is 6.05. The molecule has 40 heavy (non-hydrogen) atoms. The Hall–Kier alpha value is -3.14. The summed E-state index contributed by atoms with van der Waals surface area (Å²) in [6.07, 6.45) is 0.947. The first kappa shape index (κ1) is 31.4. The fourth-order valence-corrected chi connectivity index (χ4v) is 5.94. The number of hydrogen-bond donors (Lipinski definition) is 1. The molecule has 2 atom stereocenters. The molecule has 0 heterocycles. The Bertz CT molecular complexity index is 1420. The molecule has 0 aliphatic heterocycles. The second kappa shape index (κ2) is 14.0. The first-order valence-electron chi connectivity index (χ1n) is 12.8. The second-order valence-corrected chi connectivity index (χ2v) is 12.0. The van der Waals surface area contributed by atoms with Gasteiger partial charge in [0.15, 0.2) is 0 Å². The largest absolute Gasteiger partial charge is 0.352 e. The summed E-state index contributed by atoms with van der Waals surface area (Å²) in [5.74, 6) is -1.46. The Labute approximate surface area is 244 Å². The monoisotopic (exact) mass is 607 g/mol. The van der Waals surface area contributed by atoms with E-state index in [0.717, 1.165) is 4.31 Å². The van der Waals surface area contributed by atoms with Crippen molar-refractivity contribution in [1.82, 2.24) is 10.2 Å². The lowest BCUT2D eigenvalue weighted by atomic mass is 10.1. The van der Waals surface area contributed by atoms with Crippen molar-refractivity contribution >= 4 is 50.7 Å². The van der Waals surface area contributed by atoms with E-state index in [9.17, 15) is 22.4 Å². The molecule has 3 aromatic carbocycles. The number of nitrogens with one attached hydrogen (secondary N) is 1. The smallest absolute Gasteiger partial charge is 0.264 e. The van der Waals surface area contributed by atoms with Crippen molar-refractivity contribution in [3.63, 3.8) is 0 Å². The molecule has 3 rings (SSSR count). The van der Waals surface area contributed by atoms with Gasteiger partial charge in [-0.25, -0.2) is 12.8 Å². The molecule has 2 amide bonds. The third-order valence-electron chi connectivity index (χ3n) is 6.44. The number of hydrogen-bond acceptors (Lipinski definition) is 4. The van der Waals surface area contributed by atoms with E-state index >= 15 is 0 Å². The van der Waals surface area contributed by atoms with Gasteiger partial charge in [-0.15, -0.1) is 0 Å². The van der Waals surface area contributed by atoms with E-state index in [1.807, 2.05) is 13.8 Å². The number of amides is 2. The van der Waals surface area contributed by atoms with E-state index in [1.165, 1.54) is 59.5 Å². The lowest BCUT2D eigenvalue weighted by Gasteiger charge is -2.34. The van der Waals surface area contributed by atoms with Crippen LogP contribution in [0.4, 0.5) is 10.1 Å². The van der Waals surface area contributed by atoms with Crippen LogP contribution in [0.1, 0.15) is 39.2 Å². The van der Waals surface area contributed by atoms with Gasteiger partial charge in [-0.2, -0.15) is 0 Å². The molecule has 0 aliphatic rings. The summed E-state index contributed by atoms with van der Waals surface area (Å²) in [6, 6.07) is 16.5. The molecule has 214 valence electrons. The van der Waals surface area contributed by atoms with Gasteiger partial charge >= 0.3 is 0 Å². The molecule has 11 heteroatoms. The molecular formula is C29H32Cl2FN3O4S. The van der Waals surface area contributed by atoms with E-state index in [-0.39, 0.29) is 45.5 Å². The fraction of sp³-hybridized carbons (Fsp3) is 0.310. The number of sulfonamides is 1. The lowest BCUT2D eigenvalue weighted by Crippen LogP contribution is -2.53. The number of benzene rings is 3. The van der Waals surface area contributed by atoms with Crippen molar-refractivity contribution in [3.05, 3.63) is 94.2 Å². The topological polar surface area (TPSA) is 86.8 Å². The molecule has 0 spiro atoms. The summed E-state index contributed by atoms with van der Waals surface area (Å²) in [5.41, 5.74) is 0.591. The van der Waals surface area contributed by atoms with Crippen molar-refractivity contribution in [2.24, 2.45) is 0 Å². The highest BCUT2D eigenvalue weighted by atomic mass is 35.5. The van der Waals surface area contributed by atoms with E-state index in [1.54, 1.807) is 25.1 Å². The summed E-state index contributed by atoms with van der Waals surface area (Å²) in [4.78, 5) is 28.6. The molecule has 0 fully saturated rings. The Morgan fingerprint density at radius 2 is 1.60 bits per heavy atom. The number of rotatable bonds is 12. The van der Waals surface area contributed by atoms with Crippen LogP contribution in [0.25, 0.3) is 0 Å². The van der Waals surface area contributed by atoms with Crippen LogP contribution in [0.15, 0.2) is 77.7 Å². The van der Waals surface area contributed by atoms with Crippen LogP contribution < -0.4 is 9.62 Å². The lowest BCUT2D eigenvalue weighted by molar-refractivity contribution is -0.140. The zero-order valence-corrected chi connectivity index (χ0v) is 24.8. The molecular weight excluding hydrogens is 576 g/mol. The number of nitrogens with zero attached hydrogens (tertiary/aromatic N) is 2. The van der Waals surface area contributed by atoms with Gasteiger partial charge in [0.1, 0.15) is 18.4 Å². The first-order valence-corrected chi connectivity index (χ1v) is 15.0. The number of carbonyl (C=O) groups is 2. The summed E-state index contributed by atoms with van der Waals surface area (Å²) >= 11 is 12.6. The average Bonchev–Trinajstić information content (AvgIpc) is 2.94. The van der Waals surface area contributed by atoms with Gasteiger partial charge in [0, 0.05) is 17.6 Å². The maximum absolute atomic E-state index is 14.0. The van der Waals surface area contributed by atoms with Crippen LogP contribution in [0.5, 0.6) is 0 Å². The number of anilines is 1. The highest BCUT2D eigenvalue weighted by molar-refractivity contribution is 7.92. The van der Waals surface area contributed by atoms with Gasteiger partial charge in [-0.1, -0.05) is 67.4 Å². The van der Waals surface area contributed by atoms with E-state index in [2.05, 4.69) is 5.32 Å². The SMILES string of the molecule is CC[C@H](C)NC(=O)[C@H](CC)N(Cc1ccc(F)cc1)C(=O)CN(c1cc(Cl)ccc1Cl)S(=O)(=O)c1ccccc1. The molecule has 0 saturated carbocycles. The first-order chi connectivity index (χ1) is 19.0. The summed E-state index contributed by atoms with van der Waals surface area (Å²) in [7, 11) is -4.28. The zero-order chi connectivity index (χ0) is 29.4. The van der Waals surface area contributed by atoms with Gasteiger partial charge in [-0.05, 0) is 67.8 Å².